The van der Waals surface area contributed by atoms with Crippen molar-refractivity contribution in [1.29, 1.82) is 0 Å². The number of rotatable bonds is 4. The van der Waals surface area contributed by atoms with Gasteiger partial charge in [0, 0.05) is 24.7 Å². The lowest BCUT2D eigenvalue weighted by molar-refractivity contribution is -0.127. The Bertz CT molecular complexity index is 642. The molecule has 1 heterocycles. The number of methoxy groups -OCH3 is 1. The van der Waals surface area contributed by atoms with Gasteiger partial charge in [-0.2, -0.15) is 0 Å². The Kier molecular flexibility index (Phi) is 5.84. The first-order valence-electron chi connectivity index (χ1n) is 9.02. The smallest absolute Gasteiger partial charge is 0.227 e. The van der Waals surface area contributed by atoms with Gasteiger partial charge in [0.25, 0.3) is 0 Å². The van der Waals surface area contributed by atoms with Gasteiger partial charge in [0.15, 0.2) is 0 Å². The van der Waals surface area contributed by atoms with Crippen molar-refractivity contribution in [3.8, 4) is 5.75 Å². The maximum atomic E-state index is 12.6. The fraction of sp³-hybridized carbons (Fsp3) is 0.579. The molecule has 2 aliphatic rings. The molecule has 6 heteroatoms. The molecule has 3 rings (SSSR count). The molecule has 1 aromatic carbocycles. The van der Waals surface area contributed by atoms with E-state index in [1.54, 1.807) is 30.2 Å². The number of nitrogens with zero attached hydrogens (tertiary/aromatic N) is 1. The summed E-state index contributed by atoms with van der Waals surface area (Å²) in [6.45, 7) is 0.403. The number of ether oxygens (including phenoxy) is 1. The van der Waals surface area contributed by atoms with Crippen LogP contribution in [0.4, 0.5) is 5.69 Å². The lowest BCUT2D eigenvalue weighted by Gasteiger charge is -2.20. The maximum Gasteiger partial charge on any atom is 0.227 e. The van der Waals surface area contributed by atoms with Crippen LogP contribution < -0.4 is 15.0 Å². The maximum absolute atomic E-state index is 12.6. The minimum atomic E-state index is -0.295. The summed E-state index contributed by atoms with van der Waals surface area (Å²) >= 11 is 6.16. The minimum absolute atomic E-state index is 0.00218. The number of hydrogen-bond acceptors (Lipinski definition) is 3. The van der Waals surface area contributed by atoms with Crippen molar-refractivity contribution in [3.05, 3.63) is 23.2 Å². The molecule has 0 bridgehead atoms. The van der Waals surface area contributed by atoms with E-state index in [1.165, 1.54) is 25.7 Å². The molecular formula is C19H25ClN2O3. The van der Waals surface area contributed by atoms with Gasteiger partial charge in [-0.3, -0.25) is 9.59 Å². The summed E-state index contributed by atoms with van der Waals surface area (Å²) in [5, 5.41) is 3.62. The molecule has 1 N–H and O–H groups in total. The highest BCUT2D eigenvalue weighted by Crippen LogP contribution is 2.32. The molecule has 5 nitrogen and oxygen atoms in total. The van der Waals surface area contributed by atoms with Crippen molar-refractivity contribution in [2.45, 2.75) is 51.0 Å². The van der Waals surface area contributed by atoms with Gasteiger partial charge >= 0.3 is 0 Å². The van der Waals surface area contributed by atoms with Crippen LogP contribution in [-0.4, -0.2) is 31.5 Å². The van der Waals surface area contributed by atoms with Crippen LogP contribution in [0.25, 0.3) is 0 Å². The second-order valence-corrected chi connectivity index (χ2v) is 7.33. The van der Waals surface area contributed by atoms with E-state index >= 15 is 0 Å². The topological polar surface area (TPSA) is 58.6 Å². The molecule has 1 aliphatic heterocycles. The molecule has 0 radical (unpaired) electrons. The van der Waals surface area contributed by atoms with E-state index in [4.69, 9.17) is 16.3 Å². The highest BCUT2D eigenvalue weighted by Gasteiger charge is 2.36. The van der Waals surface area contributed by atoms with Crippen LogP contribution in [0.5, 0.6) is 5.75 Å². The number of nitrogens with one attached hydrogen (secondary N) is 1. The molecule has 1 saturated heterocycles. The number of carbonyl (C=O) groups is 2. The second kappa shape index (κ2) is 8.09. The normalized spacial score (nSPS) is 21.9. The number of amides is 2. The third-order valence-electron chi connectivity index (χ3n) is 5.14. The summed E-state index contributed by atoms with van der Waals surface area (Å²) in [4.78, 5) is 26.6. The monoisotopic (exact) mass is 364 g/mol. The second-order valence-electron chi connectivity index (χ2n) is 6.92. The van der Waals surface area contributed by atoms with Crippen LogP contribution >= 0.6 is 11.6 Å². The lowest BCUT2D eigenvalue weighted by atomic mass is 10.0. The molecule has 0 aromatic heterocycles. The average Bonchev–Trinajstić information content (AvgIpc) is 2.81. The van der Waals surface area contributed by atoms with Crippen LogP contribution in [0.2, 0.25) is 5.02 Å². The van der Waals surface area contributed by atoms with Crippen LogP contribution in [0.15, 0.2) is 18.2 Å². The first-order valence-corrected chi connectivity index (χ1v) is 9.40. The standard InChI is InChI=1S/C19H25ClN2O3/c1-25-17-9-8-15(11-16(17)20)22-12-13(10-18(22)23)19(24)21-14-6-4-2-3-5-7-14/h8-9,11,13-14H,2-7,10,12H2,1H3,(H,21,24). The molecule has 2 amide bonds. The predicted octanol–water partition coefficient (Wildman–Crippen LogP) is 3.54. The average molecular weight is 365 g/mol. The fourth-order valence-electron chi connectivity index (χ4n) is 3.70. The number of benzene rings is 1. The van der Waals surface area contributed by atoms with E-state index in [0.717, 1.165) is 12.8 Å². The number of carbonyl (C=O) groups excluding carboxylic acids is 2. The molecule has 2 fully saturated rings. The molecule has 1 atom stereocenters. The van der Waals surface area contributed by atoms with Crippen molar-refractivity contribution >= 4 is 29.1 Å². The predicted molar refractivity (Wildman–Crippen MR) is 98.1 cm³/mol. The summed E-state index contributed by atoms with van der Waals surface area (Å²) in [6, 6.07) is 5.51. The summed E-state index contributed by atoms with van der Waals surface area (Å²) in [5.41, 5.74) is 0.709. The molecule has 0 spiro atoms. The summed E-state index contributed by atoms with van der Waals surface area (Å²) in [5.74, 6) is 0.237. The fourth-order valence-corrected chi connectivity index (χ4v) is 3.95. The lowest BCUT2D eigenvalue weighted by Crippen LogP contribution is -2.39. The van der Waals surface area contributed by atoms with Crippen molar-refractivity contribution in [2.24, 2.45) is 5.92 Å². The van der Waals surface area contributed by atoms with E-state index in [2.05, 4.69) is 5.32 Å². The number of halogens is 1. The highest BCUT2D eigenvalue weighted by molar-refractivity contribution is 6.32. The summed E-state index contributed by atoms with van der Waals surface area (Å²) in [7, 11) is 1.55. The largest absolute Gasteiger partial charge is 0.495 e. The zero-order valence-electron chi connectivity index (χ0n) is 14.6. The third-order valence-corrected chi connectivity index (χ3v) is 5.44. The van der Waals surface area contributed by atoms with E-state index < -0.39 is 0 Å². The molecule has 1 unspecified atom stereocenters. The Morgan fingerprint density at radius 3 is 2.60 bits per heavy atom. The van der Waals surface area contributed by atoms with Crippen LogP contribution in [0.3, 0.4) is 0 Å². The summed E-state index contributed by atoms with van der Waals surface area (Å²) < 4.78 is 5.14. The van der Waals surface area contributed by atoms with E-state index in [1.807, 2.05) is 0 Å². The van der Waals surface area contributed by atoms with Gasteiger partial charge < -0.3 is 15.0 Å². The van der Waals surface area contributed by atoms with Gasteiger partial charge in [-0.05, 0) is 31.0 Å². The Morgan fingerprint density at radius 1 is 1.24 bits per heavy atom. The first kappa shape index (κ1) is 18.1. The van der Waals surface area contributed by atoms with Crippen molar-refractivity contribution < 1.29 is 14.3 Å². The van der Waals surface area contributed by atoms with Crippen molar-refractivity contribution in [3.63, 3.8) is 0 Å². The SMILES string of the molecule is COc1ccc(N2CC(C(=O)NC3CCCCCC3)CC2=O)cc1Cl. The molecule has 136 valence electrons. The van der Waals surface area contributed by atoms with Gasteiger partial charge in [0.2, 0.25) is 11.8 Å². The highest BCUT2D eigenvalue weighted by atomic mass is 35.5. The Morgan fingerprint density at radius 2 is 1.96 bits per heavy atom. The van der Waals surface area contributed by atoms with Crippen LogP contribution in [0.1, 0.15) is 44.9 Å². The first-order chi connectivity index (χ1) is 12.1. The van der Waals surface area contributed by atoms with Gasteiger partial charge in [-0.1, -0.05) is 37.3 Å². The third kappa shape index (κ3) is 4.27. The molecular weight excluding hydrogens is 340 g/mol. The molecule has 1 saturated carbocycles. The van der Waals surface area contributed by atoms with Gasteiger partial charge in [0.1, 0.15) is 5.75 Å². The van der Waals surface area contributed by atoms with E-state index in [9.17, 15) is 9.59 Å². The zero-order chi connectivity index (χ0) is 17.8. The quantitative estimate of drug-likeness (QED) is 0.831. The van der Waals surface area contributed by atoms with Gasteiger partial charge in [0.05, 0.1) is 18.1 Å². The van der Waals surface area contributed by atoms with E-state index in [0.29, 0.717) is 23.0 Å². The number of anilines is 1. The zero-order valence-corrected chi connectivity index (χ0v) is 15.3. The van der Waals surface area contributed by atoms with E-state index in [-0.39, 0.29) is 30.2 Å². The minimum Gasteiger partial charge on any atom is -0.495 e. The van der Waals surface area contributed by atoms with Crippen molar-refractivity contribution in [2.75, 3.05) is 18.6 Å². The molecule has 1 aromatic rings. The Labute approximate surface area is 153 Å². The summed E-state index contributed by atoms with van der Waals surface area (Å²) in [6.07, 6.45) is 7.19. The van der Waals surface area contributed by atoms with Gasteiger partial charge in [-0.25, -0.2) is 0 Å². The van der Waals surface area contributed by atoms with Gasteiger partial charge in [-0.15, -0.1) is 0 Å². The Balaban J connectivity index is 1.63. The van der Waals surface area contributed by atoms with Crippen molar-refractivity contribution in [1.82, 2.24) is 5.32 Å². The number of hydrogen-bond donors (Lipinski definition) is 1. The molecule has 1 aliphatic carbocycles. The molecule has 25 heavy (non-hydrogen) atoms. The van der Waals surface area contributed by atoms with Crippen LogP contribution in [-0.2, 0) is 9.59 Å². The Hall–Kier alpha value is -1.75. The van der Waals surface area contributed by atoms with Crippen LogP contribution in [0, 0.1) is 5.92 Å².